The van der Waals surface area contributed by atoms with Crippen molar-refractivity contribution in [2.75, 3.05) is 18.6 Å². The Bertz CT molecular complexity index is 1370. The number of ether oxygens (including phenoxy) is 1. The van der Waals surface area contributed by atoms with Crippen LogP contribution in [-0.2, 0) is 4.79 Å². The Balaban J connectivity index is 1.37. The second kappa shape index (κ2) is 8.51. The van der Waals surface area contributed by atoms with Gasteiger partial charge in [0.1, 0.15) is 24.1 Å². The van der Waals surface area contributed by atoms with Crippen LogP contribution in [0, 0.1) is 0 Å². The zero-order chi connectivity index (χ0) is 23.9. The summed E-state index contributed by atoms with van der Waals surface area (Å²) in [4.78, 5) is 31.0. The summed E-state index contributed by atoms with van der Waals surface area (Å²) in [6.07, 6.45) is 5.41. The van der Waals surface area contributed by atoms with Crippen LogP contribution in [0.5, 0.6) is 5.75 Å². The third kappa shape index (κ3) is 3.69. The molecule has 0 bridgehead atoms. The van der Waals surface area contributed by atoms with Gasteiger partial charge in [0.2, 0.25) is 5.91 Å². The second-order valence-corrected chi connectivity index (χ2v) is 8.87. The van der Waals surface area contributed by atoms with Gasteiger partial charge in [-0.1, -0.05) is 12.1 Å². The van der Waals surface area contributed by atoms with Gasteiger partial charge in [-0.05, 0) is 73.5 Å². The lowest BCUT2D eigenvalue weighted by atomic mass is 10.0. The smallest absolute Gasteiger partial charge is 0.254 e. The van der Waals surface area contributed by atoms with E-state index in [1.54, 1.807) is 47.4 Å². The first-order valence-electron chi connectivity index (χ1n) is 11.7. The van der Waals surface area contributed by atoms with Gasteiger partial charge in [0.15, 0.2) is 0 Å². The van der Waals surface area contributed by atoms with Crippen molar-refractivity contribution in [3.05, 3.63) is 102 Å². The largest absolute Gasteiger partial charge is 0.497 e. The van der Waals surface area contributed by atoms with Crippen LogP contribution >= 0.6 is 0 Å². The first-order valence-corrected chi connectivity index (χ1v) is 11.7. The van der Waals surface area contributed by atoms with Crippen molar-refractivity contribution in [1.29, 1.82) is 0 Å². The Hall–Kier alpha value is -4.26. The number of furan rings is 1. The Morgan fingerprint density at radius 3 is 2.43 bits per heavy atom. The molecule has 2 aromatic carbocycles. The molecule has 0 N–H and O–H groups in total. The average molecular weight is 468 g/mol. The van der Waals surface area contributed by atoms with Crippen molar-refractivity contribution in [2.45, 2.75) is 24.9 Å². The highest BCUT2D eigenvalue weighted by Gasteiger charge is 2.41. The van der Waals surface area contributed by atoms with Crippen LogP contribution in [-0.4, -0.2) is 41.0 Å². The van der Waals surface area contributed by atoms with Crippen LogP contribution in [0.15, 0.2) is 89.7 Å². The zero-order valence-electron chi connectivity index (χ0n) is 19.3. The molecule has 6 rings (SSSR count). The highest BCUT2D eigenvalue weighted by atomic mass is 16.5. The summed E-state index contributed by atoms with van der Waals surface area (Å²) in [6, 6.07) is 22.2. The van der Waals surface area contributed by atoms with Gasteiger partial charge in [-0.15, -0.1) is 0 Å². The van der Waals surface area contributed by atoms with E-state index in [2.05, 4.69) is 4.57 Å². The highest BCUT2D eigenvalue weighted by Crippen LogP contribution is 2.42. The Morgan fingerprint density at radius 2 is 1.74 bits per heavy atom. The minimum atomic E-state index is -0.431. The van der Waals surface area contributed by atoms with E-state index < -0.39 is 6.04 Å². The monoisotopic (exact) mass is 467 g/mol. The third-order valence-corrected chi connectivity index (χ3v) is 6.69. The van der Waals surface area contributed by atoms with E-state index in [0.29, 0.717) is 17.1 Å². The SMILES string of the molecule is COc1ccc(C(=O)N(CC(=O)N2c3ccccc3-n3cccc3C2c2ccco2)C2CC2)cc1. The quantitative estimate of drug-likeness (QED) is 0.408. The number of fused-ring (bicyclic) bond motifs is 3. The van der Waals surface area contributed by atoms with E-state index >= 15 is 0 Å². The fourth-order valence-electron chi connectivity index (χ4n) is 4.85. The summed E-state index contributed by atoms with van der Waals surface area (Å²) in [5.41, 5.74) is 3.19. The van der Waals surface area contributed by atoms with Crippen LogP contribution < -0.4 is 9.64 Å². The Labute approximate surface area is 203 Å². The number of amides is 2. The van der Waals surface area contributed by atoms with Gasteiger partial charge in [0.05, 0.1) is 30.4 Å². The fraction of sp³-hybridized carbons (Fsp3) is 0.214. The molecule has 2 amide bonds. The number of rotatable bonds is 6. The highest BCUT2D eigenvalue weighted by molar-refractivity contribution is 6.02. The topological polar surface area (TPSA) is 67.9 Å². The summed E-state index contributed by atoms with van der Waals surface area (Å²) in [7, 11) is 1.59. The molecule has 176 valence electrons. The summed E-state index contributed by atoms with van der Waals surface area (Å²) < 4.78 is 13.1. The lowest BCUT2D eigenvalue weighted by Gasteiger charge is -2.38. The summed E-state index contributed by atoms with van der Waals surface area (Å²) in [5, 5.41) is 0. The summed E-state index contributed by atoms with van der Waals surface area (Å²) in [6.45, 7) is -0.0121. The normalized spacial score (nSPS) is 16.4. The van der Waals surface area contributed by atoms with Crippen LogP contribution in [0.1, 0.15) is 40.7 Å². The standard InChI is InChI=1S/C28H25N3O4/c1-34-21-14-10-19(11-15-21)28(33)30(20-12-13-20)18-26(32)31-23-7-3-2-6-22(23)29-16-4-8-24(29)27(31)25-9-5-17-35-25/h2-11,14-17,20,27H,12-13,18H2,1H3. The molecule has 1 unspecified atom stereocenters. The molecule has 0 radical (unpaired) electrons. The number of anilines is 1. The van der Waals surface area contributed by atoms with Crippen molar-refractivity contribution >= 4 is 17.5 Å². The van der Waals surface area contributed by atoms with E-state index in [0.717, 1.165) is 29.9 Å². The number of carbonyl (C=O) groups excluding carboxylic acids is 2. The molecule has 1 saturated carbocycles. The number of carbonyl (C=O) groups is 2. The van der Waals surface area contributed by atoms with Crippen LogP contribution in [0.25, 0.3) is 5.69 Å². The molecule has 1 fully saturated rings. The van der Waals surface area contributed by atoms with Gasteiger partial charge in [-0.2, -0.15) is 0 Å². The minimum Gasteiger partial charge on any atom is -0.497 e. The van der Waals surface area contributed by atoms with Gasteiger partial charge in [-0.25, -0.2) is 0 Å². The molecule has 35 heavy (non-hydrogen) atoms. The number of methoxy groups -OCH3 is 1. The van der Waals surface area contributed by atoms with Gasteiger partial charge < -0.3 is 18.6 Å². The van der Waals surface area contributed by atoms with Crippen LogP contribution in [0.3, 0.4) is 0 Å². The molecule has 4 aromatic rings. The fourth-order valence-corrected chi connectivity index (χ4v) is 4.85. The Kier molecular flexibility index (Phi) is 5.17. The van der Waals surface area contributed by atoms with E-state index in [4.69, 9.17) is 9.15 Å². The average Bonchev–Trinajstić information content (AvgIpc) is 3.37. The maximum Gasteiger partial charge on any atom is 0.254 e. The van der Waals surface area contributed by atoms with Crippen molar-refractivity contribution in [1.82, 2.24) is 9.47 Å². The number of aromatic nitrogens is 1. The van der Waals surface area contributed by atoms with Crippen LogP contribution in [0.2, 0.25) is 0 Å². The van der Waals surface area contributed by atoms with E-state index in [-0.39, 0.29) is 24.4 Å². The Morgan fingerprint density at radius 1 is 0.971 bits per heavy atom. The maximum absolute atomic E-state index is 14.0. The molecule has 1 aliphatic carbocycles. The second-order valence-electron chi connectivity index (χ2n) is 8.87. The summed E-state index contributed by atoms with van der Waals surface area (Å²) >= 11 is 0. The van der Waals surface area contributed by atoms with E-state index in [1.807, 2.05) is 54.7 Å². The van der Waals surface area contributed by atoms with E-state index in [1.165, 1.54) is 0 Å². The molecule has 1 aliphatic heterocycles. The number of para-hydroxylation sites is 2. The molecular formula is C28H25N3O4. The van der Waals surface area contributed by atoms with Gasteiger partial charge in [-0.3, -0.25) is 14.5 Å². The predicted molar refractivity (Wildman–Crippen MR) is 131 cm³/mol. The van der Waals surface area contributed by atoms with Gasteiger partial charge in [0, 0.05) is 17.8 Å². The molecule has 3 heterocycles. The lowest BCUT2D eigenvalue weighted by Crippen LogP contribution is -2.47. The summed E-state index contributed by atoms with van der Waals surface area (Å²) in [5.74, 6) is 1.06. The number of hydrogen-bond donors (Lipinski definition) is 0. The maximum atomic E-state index is 14.0. The molecule has 2 aliphatic rings. The van der Waals surface area contributed by atoms with Gasteiger partial charge >= 0.3 is 0 Å². The number of nitrogens with zero attached hydrogens (tertiary/aromatic N) is 3. The van der Waals surface area contributed by atoms with E-state index in [9.17, 15) is 9.59 Å². The number of hydrogen-bond acceptors (Lipinski definition) is 4. The first-order chi connectivity index (χ1) is 17.2. The van der Waals surface area contributed by atoms with Crippen molar-refractivity contribution in [3.8, 4) is 11.4 Å². The lowest BCUT2D eigenvalue weighted by molar-refractivity contribution is -0.120. The predicted octanol–water partition coefficient (Wildman–Crippen LogP) is 4.82. The van der Waals surface area contributed by atoms with Crippen molar-refractivity contribution in [2.24, 2.45) is 0 Å². The minimum absolute atomic E-state index is 0.0121. The molecule has 0 spiro atoms. The first kappa shape index (κ1) is 21.3. The van der Waals surface area contributed by atoms with Crippen molar-refractivity contribution in [3.63, 3.8) is 0 Å². The molecule has 0 saturated heterocycles. The zero-order valence-corrected chi connectivity index (χ0v) is 19.3. The molecule has 2 aromatic heterocycles. The molecule has 7 heteroatoms. The van der Waals surface area contributed by atoms with Gasteiger partial charge in [0.25, 0.3) is 5.91 Å². The van der Waals surface area contributed by atoms with Crippen LogP contribution in [0.4, 0.5) is 5.69 Å². The third-order valence-electron chi connectivity index (χ3n) is 6.69. The molecule has 7 nitrogen and oxygen atoms in total. The number of benzene rings is 2. The van der Waals surface area contributed by atoms with Crippen molar-refractivity contribution < 1.29 is 18.7 Å². The molecular weight excluding hydrogens is 442 g/mol. The molecule has 1 atom stereocenters.